The van der Waals surface area contributed by atoms with Crippen LogP contribution in [0.5, 0.6) is 5.75 Å². The molecule has 0 aromatic heterocycles. The lowest BCUT2D eigenvalue weighted by atomic mass is 10.0. The van der Waals surface area contributed by atoms with Crippen LogP contribution in [-0.2, 0) is 9.84 Å². The fourth-order valence-corrected chi connectivity index (χ4v) is 4.54. The number of hydrogen-bond acceptors (Lipinski definition) is 3. The summed E-state index contributed by atoms with van der Waals surface area (Å²) < 4.78 is 31.7. The molecule has 0 saturated carbocycles. The van der Waals surface area contributed by atoms with Gasteiger partial charge in [0.25, 0.3) is 0 Å². The van der Waals surface area contributed by atoms with E-state index in [9.17, 15) is 8.42 Å². The Labute approximate surface area is 142 Å². The minimum atomic E-state index is -3.57. The minimum Gasteiger partial charge on any atom is -0.497 e. The predicted molar refractivity (Wildman–Crippen MR) is 94.9 cm³/mol. The van der Waals surface area contributed by atoms with Crippen LogP contribution in [-0.4, -0.2) is 15.5 Å². The van der Waals surface area contributed by atoms with Crippen molar-refractivity contribution in [2.75, 3.05) is 7.11 Å². The van der Waals surface area contributed by atoms with E-state index in [0.29, 0.717) is 16.2 Å². The van der Waals surface area contributed by atoms with Crippen LogP contribution in [0, 0.1) is 0 Å². The molecular weight excluding hydrogens is 320 g/mol. The molecule has 1 unspecified atom stereocenters. The number of rotatable bonds is 5. The molecule has 3 nitrogen and oxygen atoms in total. The Bertz CT molecular complexity index is 887. The third-order valence-corrected chi connectivity index (χ3v) is 6.00. The van der Waals surface area contributed by atoms with Crippen molar-refractivity contribution in [2.45, 2.75) is 10.1 Å². The number of hydrogen-bond donors (Lipinski definition) is 0. The molecule has 0 fully saturated rings. The Morgan fingerprint density at radius 1 is 0.708 bits per heavy atom. The van der Waals surface area contributed by atoms with E-state index >= 15 is 0 Å². The molecule has 3 aromatic carbocycles. The van der Waals surface area contributed by atoms with Crippen molar-refractivity contribution in [3.8, 4) is 5.75 Å². The van der Waals surface area contributed by atoms with E-state index in [0.717, 1.165) is 5.56 Å². The molecule has 24 heavy (non-hydrogen) atoms. The fraction of sp³-hybridized carbons (Fsp3) is 0.100. The van der Waals surface area contributed by atoms with Gasteiger partial charge in [-0.25, -0.2) is 8.42 Å². The minimum absolute atomic E-state index is 0.315. The van der Waals surface area contributed by atoms with Crippen molar-refractivity contribution in [3.05, 3.63) is 96.1 Å². The topological polar surface area (TPSA) is 43.4 Å². The zero-order valence-electron chi connectivity index (χ0n) is 13.3. The highest BCUT2D eigenvalue weighted by molar-refractivity contribution is 7.91. The van der Waals surface area contributed by atoms with Gasteiger partial charge in [-0.05, 0) is 35.4 Å². The SMILES string of the molecule is COc1ccc(C(c2ccccc2)S(=O)(=O)c2ccccc2)cc1. The van der Waals surface area contributed by atoms with Gasteiger partial charge in [0.2, 0.25) is 0 Å². The van der Waals surface area contributed by atoms with Gasteiger partial charge in [-0.1, -0.05) is 60.7 Å². The van der Waals surface area contributed by atoms with Crippen LogP contribution in [0.2, 0.25) is 0 Å². The fourth-order valence-electron chi connectivity index (χ4n) is 2.70. The average Bonchev–Trinajstić information content (AvgIpc) is 2.64. The summed E-state index contributed by atoms with van der Waals surface area (Å²) in [6, 6.07) is 25.0. The smallest absolute Gasteiger partial charge is 0.189 e. The van der Waals surface area contributed by atoms with Crippen molar-refractivity contribution in [1.29, 1.82) is 0 Å². The molecule has 0 spiro atoms. The number of sulfone groups is 1. The van der Waals surface area contributed by atoms with Crippen LogP contribution in [0.4, 0.5) is 0 Å². The molecule has 3 aromatic rings. The summed E-state index contributed by atoms with van der Waals surface area (Å²) >= 11 is 0. The first kappa shape index (κ1) is 16.3. The Kier molecular flexibility index (Phi) is 4.67. The van der Waals surface area contributed by atoms with Gasteiger partial charge < -0.3 is 4.74 Å². The molecule has 0 amide bonds. The predicted octanol–water partition coefficient (Wildman–Crippen LogP) is 4.26. The summed E-state index contributed by atoms with van der Waals surface area (Å²) in [4.78, 5) is 0.315. The van der Waals surface area contributed by atoms with Crippen molar-refractivity contribution >= 4 is 9.84 Å². The zero-order valence-corrected chi connectivity index (χ0v) is 14.1. The third-order valence-electron chi connectivity index (χ3n) is 3.90. The average molecular weight is 338 g/mol. The van der Waals surface area contributed by atoms with Gasteiger partial charge in [-0.15, -0.1) is 0 Å². The number of ether oxygens (including phenoxy) is 1. The summed E-state index contributed by atoms with van der Waals surface area (Å²) in [5, 5.41) is -0.757. The van der Waals surface area contributed by atoms with Gasteiger partial charge in [0.05, 0.1) is 12.0 Å². The normalized spacial score (nSPS) is 12.5. The summed E-state index contributed by atoms with van der Waals surface area (Å²) in [6.07, 6.45) is 0. The highest BCUT2D eigenvalue weighted by Crippen LogP contribution is 2.35. The molecule has 4 heteroatoms. The van der Waals surface area contributed by atoms with Crippen LogP contribution in [0.15, 0.2) is 89.8 Å². The van der Waals surface area contributed by atoms with Crippen molar-refractivity contribution in [2.24, 2.45) is 0 Å². The lowest BCUT2D eigenvalue weighted by Gasteiger charge is -2.19. The first-order valence-electron chi connectivity index (χ1n) is 7.61. The van der Waals surface area contributed by atoms with E-state index in [-0.39, 0.29) is 0 Å². The van der Waals surface area contributed by atoms with Crippen LogP contribution in [0.1, 0.15) is 16.4 Å². The van der Waals surface area contributed by atoms with Gasteiger partial charge in [-0.2, -0.15) is 0 Å². The molecule has 0 N–H and O–H groups in total. The van der Waals surface area contributed by atoms with Crippen LogP contribution in [0.25, 0.3) is 0 Å². The molecule has 0 bridgehead atoms. The summed E-state index contributed by atoms with van der Waals surface area (Å²) in [6.45, 7) is 0. The van der Waals surface area contributed by atoms with E-state index in [4.69, 9.17) is 4.74 Å². The maximum absolute atomic E-state index is 13.3. The van der Waals surface area contributed by atoms with Gasteiger partial charge >= 0.3 is 0 Å². The number of methoxy groups -OCH3 is 1. The molecule has 0 radical (unpaired) electrons. The molecule has 3 rings (SSSR count). The standard InChI is InChI=1S/C20H18O3S/c1-23-18-14-12-17(13-15-18)20(16-8-4-2-5-9-16)24(21,22)19-10-6-3-7-11-19/h2-15,20H,1H3. The second-order valence-corrected chi connectivity index (χ2v) is 7.45. The molecule has 0 aliphatic carbocycles. The molecule has 0 aliphatic rings. The van der Waals surface area contributed by atoms with Gasteiger partial charge in [0.1, 0.15) is 11.0 Å². The Morgan fingerprint density at radius 2 is 1.21 bits per heavy atom. The maximum Gasteiger partial charge on any atom is 0.189 e. The maximum atomic E-state index is 13.3. The second kappa shape index (κ2) is 6.89. The van der Waals surface area contributed by atoms with E-state index in [1.807, 2.05) is 36.4 Å². The lowest BCUT2D eigenvalue weighted by Crippen LogP contribution is -2.15. The monoisotopic (exact) mass is 338 g/mol. The molecule has 1 atom stereocenters. The Balaban J connectivity index is 2.15. The van der Waals surface area contributed by atoms with Crippen LogP contribution >= 0.6 is 0 Å². The van der Waals surface area contributed by atoms with Crippen molar-refractivity contribution < 1.29 is 13.2 Å². The summed E-state index contributed by atoms with van der Waals surface area (Å²) in [5.74, 6) is 0.697. The molecule has 0 saturated heterocycles. The van der Waals surface area contributed by atoms with Crippen molar-refractivity contribution in [3.63, 3.8) is 0 Å². The summed E-state index contributed by atoms with van der Waals surface area (Å²) in [5.41, 5.74) is 1.46. The Morgan fingerprint density at radius 3 is 1.75 bits per heavy atom. The summed E-state index contributed by atoms with van der Waals surface area (Å²) in [7, 11) is -1.98. The molecule has 0 heterocycles. The van der Waals surface area contributed by atoms with Crippen molar-refractivity contribution in [1.82, 2.24) is 0 Å². The van der Waals surface area contributed by atoms with Gasteiger partial charge in [0, 0.05) is 0 Å². The van der Waals surface area contributed by atoms with Crippen LogP contribution < -0.4 is 4.74 Å². The van der Waals surface area contributed by atoms with E-state index in [1.165, 1.54) is 0 Å². The number of benzene rings is 3. The van der Waals surface area contributed by atoms with Gasteiger partial charge in [0.15, 0.2) is 9.84 Å². The molecule has 122 valence electrons. The molecular formula is C20H18O3S. The van der Waals surface area contributed by atoms with Gasteiger partial charge in [-0.3, -0.25) is 0 Å². The quantitative estimate of drug-likeness (QED) is 0.698. The largest absolute Gasteiger partial charge is 0.497 e. The highest BCUT2D eigenvalue weighted by atomic mass is 32.2. The van der Waals surface area contributed by atoms with E-state index in [1.54, 1.807) is 55.6 Å². The van der Waals surface area contributed by atoms with E-state index < -0.39 is 15.1 Å². The zero-order chi connectivity index (χ0) is 17.0. The second-order valence-electron chi connectivity index (χ2n) is 5.42. The molecule has 0 aliphatic heterocycles. The van der Waals surface area contributed by atoms with Crippen LogP contribution in [0.3, 0.4) is 0 Å². The first-order chi connectivity index (χ1) is 11.6. The first-order valence-corrected chi connectivity index (χ1v) is 9.15. The lowest BCUT2D eigenvalue weighted by molar-refractivity contribution is 0.414. The van der Waals surface area contributed by atoms with E-state index in [2.05, 4.69) is 0 Å². The highest BCUT2D eigenvalue weighted by Gasteiger charge is 2.30. The third kappa shape index (κ3) is 3.19. The Hall–Kier alpha value is -2.59.